The second-order valence-electron chi connectivity index (χ2n) is 9.27. The molecule has 0 unspecified atom stereocenters. The SMILES string of the molecule is C=CC(=O)N1CCN(c2cc(C(=O)N3CCOc4ccccc43)nc(OC[C@@H]3CCCN3C)n2)CC1. The minimum absolute atomic E-state index is 0.0797. The van der Waals surface area contributed by atoms with Gasteiger partial charge in [0, 0.05) is 38.3 Å². The van der Waals surface area contributed by atoms with Crippen LogP contribution in [0.1, 0.15) is 23.3 Å². The first kappa shape index (κ1) is 24.1. The fraction of sp³-hybridized carbons (Fsp3) is 0.462. The summed E-state index contributed by atoms with van der Waals surface area (Å²) in [6, 6.07) is 9.72. The molecule has 1 atom stereocenters. The third-order valence-corrected chi connectivity index (χ3v) is 7.05. The molecule has 4 heterocycles. The largest absolute Gasteiger partial charge is 0.490 e. The summed E-state index contributed by atoms with van der Waals surface area (Å²) in [6.45, 7) is 8.23. The van der Waals surface area contributed by atoms with Gasteiger partial charge in [-0.2, -0.15) is 9.97 Å². The zero-order valence-corrected chi connectivity index (χ0v) is 20.6. The lowest BCUT2D eigenvalue weighted by molar-refractivity contribution is -0.126. The van der Waals surface area contributed by atoms with Gasteiger partial charge < -0.3 is 29.1 Å². The van der Waals surface area contributed by atoms with Gasteiger partial charge in [-0.15, -0.1) is 0 Å². The Morgan fingerprint density at radius 2 is 1.94 bits per heavy atom. The fourth-order valence-corrected chi connectivity index (χ4v) is 4.91. The highest BCUT2D eigenvalue weighted by Crippen LogP contribution is 2.32. The van der Waals surface area contributed by atoms with E-state index in [1.807, 2.05) is 24.3 Å². The van der Waals surface area contributed by atoms with E-state index in [1.54, 1.807) is 15.9 Å². The van der Waals surface area contributed by atoms with Crippen molar-refractivity contribution in [2.75, 3.05) is 69.3 Å². The molecule has 0 saturated carbocycles. The average molecular weight is 493 g/mol. The van der Waals surface area contributed by atoms with Crippen molar-refractivity contribution in [3.63, 3.8) is 0 Å². The Bertz CT molecular complexity index is 1130. The van der Waals surface area contributed by atoms with Crippen molar-refractivity contribution in [3.05, 3.63) is 48.7 Å². The van der Waals surface area contributed by atoms with Crippen molar-refractivity contribution in [2.45, 2.75) is 18.9 Å². The maximum Gasteiger partial charge on any atom is 0.319 e. The van der Waals surface area contributed by atoms with Gasteiger partial charge in [0.2, 0.25) is 5.91 Å². The molecule has 10 heteroatoms. The Morgan fingerprint density at radius 1 is 1.14 bits per heavy atom. The smallest absolute Gasteiger partial charge is 0.319 e. The molecule has 3 aliphatic heterocycles. The molecule has 10 nitrogen and oxygen atoms in total. The molecule has 0 bridgehead atoms. The molecule has 1 aromatic heterocycles. The van der Waals surface area contributed by atoms with Crippen molar-refractivity contribution in [3.8, 4) is 11.8 Å². The Labute approximate surface area is 211 Å². The van der Waals surface area contributed by atoms with Crippen molar-refractivity contribution in [1.29, 1.82) is 0 Å². The van der Waals surface area contributed by atoms with Gasteiger partial charge in [-0.05, 0) is 44.6 Å². The third-order valence-electron chi connectivity index (χ3n) is 7.05. The van der Waals surface area contributed by atoms with E-state index < -0.39 is 0 Å². The van der Waals surface area contributed by atoms with Crippen LogP contribution < -0.4 is 19.3 Å². The van der Waals surface area contributed by atoms with Gasteiger partial charge in [0.1, 0.15) is 30.5 Å². The van der Waals surface area contributed by atoms with Crippen LogP contribution in [0.2, 0.25) is 0 Å². The van der Waals surface area contributed by atoms with E-state index in [0.717, 1.165) is 25.1 Å². The number of amides is 2. The quantitative estimate of drug-likeness (QED) is 0.564. The number of hydrogen-bond donors (Lipinski definition) is 0. The summed E-state index contributed by atoms with van der Waals surface area (Å²) in [5.41, 5.74) is 0.997. The molecule has 190 valence electrons. The maximum atomic E-state index is 13.7. The number of ether oxygens (including phenoxy) is 2. The first-order valence-corrected chi connectivity index (χ1v) is 12.5. The zero-order valence-electron chi connectivity index (χ0n) is 20.6. The van der Waals surface area contributed by atoms with Crippen LogP contribution in [0, 0.1) is 0 Å². The van der Waals surface area contributed by atoms with E-state index in [-0.39, 0.29) is 23.5 Å². The van der Waals surface area contributed by atoms with E-state index in [0.29, 0.717) is 63.5 Å². The standard InChI is InChI=1S/C26H32N6O4/c1-3-24(33)31-13-11-30(12-14-31)23-17-20(27-26(28-23)36-18-19-7-6-10-29(19)2)25(34)32-15-16-35-22-9-5-4-8-21(22)32/h3-5,8-9,17,19H,1,6-7,10-16,18H2,2H3/t19-/m0/s1. The van der Waals surface area contributed by atoms with Crippen molar-refractivity contribution in [2.24, 2.45) is 0 Å². The molecule has 0 spiro atoms. The summed E-state index contributed by atoms with van der Waals surface area (Å²) < 4.78 is 11.8. The molecule has 2 amide bonds. The van der Waals surface area contributed by atoms with Crippen LogP contribution in [0.15, 0.2) is 43.0 Å². The van der Waals surface area contributed by atoms with Crippen molar-refractivity contribution < 1.29 is 19.1 Å². The van der Waals surface area contributed by atoms with E-state index in [4.69, 9.17) is 9.47 Å². The number of likely N-dealkylation sites (N-methyl/N-ethyl adjacent to an activating group) is 1. The molecule has 5 rings (SSSR count). The van der Waals surface area contributed by atoms with Crippen LogP contribution in [0.4, 0.5) is 11.5 Å². The van der Waals surface area contributed by atoms with E-state index in [9.17, 15) is 9.59 Å². The molecule has 2 fully saturated rings. The van der Waals surface area contributed by atoms with Crippen molar-refractivity contribution >= 4 is 23.3 Å². The zero-order chi connectivity index (χ0) is 25.1. The Kier molecular flexibility index (Phi) is 7.04. The predicted molar refractivity (Wildman–Crippen MR) is 136 cm³/mol. The van der Waals surface area contributed by atoms with Gasteiger partial charge in [0.15, 0.2) is 0 Å². The molecule has 3 aliphatic rings. The third kappa shape index (κ3) is 4.99. The Balaban J connectivity index is 1.41. The highest BCUT2D eigenvalue weighted by atomic mass is 16.5. The summed E-state index contributed by atoms with van der Waals surface area (Å²) in [5.74, 6) is 0.993. The molecule has 2 aromatic rings. The van der Waals surface area contributed by atoms with Gasteiger partial charge in [-0.25, -0.2) is 0 Å². The van der Waals surface area contributed by atoms with Gasteiger partial charge in [0.25, 0.3) is 5.91 Å². The van der Waals surface area contributed by atoms with Gasteiger partial charge in [-0.1, -0.05) is 18.7 Å². The lowest BCUT2D eigenvalue weighted by Crippen LogP contribution is -2.48. The second-order valence-corrected chi connectivity index (χ2v) is 9.27. The number of hydrogen-bond acceptors (Lipinski definition) is 8. The number of aromatic nitrogens is 2. The molecule has 0 N–H and O–H groups in total. The van der Waals surface area contributed by atoms with Gasteiger partial charge >= 0.3 is 6.01 Å². The number of nitrogens with zero attached hydrogens (tertiary/aromatic N) is 6. The summed E-state index contributed by atoms with van der Waals surface area (Å²) in [4.78, 5) is 42.7. The minimum atomic E-state index is -0.224. The summed E-state index contributed by atoms with van der Waals surface area (Å²) in [6.07, 6.45) is 3.54. The number of rotatable bonds is 6. The molecule has 36 heavy (non-hydrogen) atoms. The lowest BCUT2D eigenvalue weighted by atomic mass is 10.2. The van der Waals surface area contributed by atoms with E-state index >= 15 is 0 Å². The summed E-state index contributed by atoms with van der Waals surface area (Å²) >= 11 is 0. The molecule has 0 aliphatic carbocycles. The van der Waals surface area contributed by atoms with E-state index in [2.05, 4.69) is 33.4 Å². The topological polar surface area (TPSA) is 91.3 Å². The fourth-order valence-electron chi connectivity index (χ4n) is 4.91. The highest BCUT2D eigenvalue weighted by Gasteiger charge is 2.29. The van der Waals surface area contributed by atoms with Gasteiger partial charge in [-0.3, -0.25) is 9.59 Å². The normalized spacial score (nSPS) is 20.0. The van der Waals surface area contributed by atoms with Crippen LogP contribution in [-0.2, 0) is 4.79 Å². The molecule has 0 radical (unpaired) electrons. The molecule has 2 saturated heterocycles. The number of anilines is 2. The van der Waals surface area contributed by atoms with Crippen LogP contribution in [-0.4, -0.2) is 97.2 Å². The minimum Gasteiger partial charge on any atom is -0.490 e. The van der Waals surface area contributed by atoms with Gasteiger partial charge in [0.05, 0.1) is 12.2 Å². The first-order valence-electron chi connectivity index (χ1n) is 12.5. The summed E-state index contributed by atoms with van der Waals surface area (Å²) in [5, 5.41) is 0. The Morgan fingerprint density at radius 3 is 2.69 bits per heavy atom. The van der Waals surface area contributed by atoms with Crippen LogP contribution in [0.25, 0.3) is 0 Å². The monoisotopic (exact) mass is 492 g/mol. The first-order chi connectivity index (χ1) is 17.5. The molecular weight excluding hydrogens is 460 g/mol. The van der Waals surface area contributed by atoms with Crippen LogP contribution in [0.5, 0.6) is 11.8 Å². The lowest BCUT2D eigenvalue weighted by Gasteiger charge is -2.35. The average Bonchev–Trinajstić information content (AvgIpc) is 3.35. The van der Waals surface area contributed by atoms with Crippen LogP contribution >= 0.6 is 0 Å². The Hall–Kier alpha value is -3.66. The number of carbonyl (C=O) groups excluding carboxylic acids is 2. The number of benzene rings is 1. The maximum absolute atomic E-state index is 13.7. The number of likely N-dealkylation sites (tertiary alicyclic amines) is 1. The molecule has 1 aromatic carbocycles. The van der Waals surface area contributed by atoms with Crippen LogP contribution in [0.3, 0.4) is 0 Å². The molecular formula is C26H32N6O4. The van der Waals surface area contributed by atoms with E-state index in [1.165, 1.54) is 6.08 Å². The number of piperazine rings is 1. The highest BCUT2D eigenvalue weighted by molar-refractivity contribution is 6.06. The number of para-hydroxylation sites is 2. The summed E-state index contributed by atoms with van der Waals surface area (Å²) in [7, 11) is 2.09. The van der Waals surface area contributed by atoms with Crippen molar-refractivity contribution in [1.82, 2.24) is 19.8 Å². The number of carbonyl (C=O) groups is 2. The number of fused-ring (bicyclic) bond motifs is 1. The second kappa shape index (κ2) is 10.5. The predicted octanol–water partition coefficient (Wildman–Crippen LogP) is 1.82.